The number of methoxy groups -OCH3 is 3. The summed E-state index contributed by atoms with van der Waals surface area (Å²) in [7, 11) is 4.67. The molecule has 0 radical (unpaired) electrons. The van der Waals surface area contributed by atoms with E-state index in [4.69, 9.17) is 19.3 Å². The Bertz CT molecular complexity index is 868. The molecule has 0 unspecified atom stereocenters. The first-order valence-corrected chi connectivity index (χ1v) is 7.87. The van der Waals surface area contributed by atoms with E-state index in [0.717, 1.165) is 15.4 Å². The van der Waals surface area contributed by atoms with Gasteiger partial charge in [0, 0.05) is 22.8 Å². The van der Waals surface area contributed by atoms with Crippen molar-refractivity contribution in [3.8, 4) is 28.5 Å². The molecule has 0 saturated heterocycles. The Morgan fingerprint density at radius 3 is 2.50 bits per heavy atom. The number of hydrogen-bond acceptors (Lipinski definition) is 6. The van der Waals surface area contributed by atoms with Crippen LogP contribution in [0.1, 0.15) is 4.88 Å². The molecule has 2 aromatic heterocycles. The third-order valence-corrected chi connectivity index (χ3v) is 4.51. The number of carboxylic acids is 1. The Hall–Kier alpha value is -2.74. The second-order valence-electron chi connectivity index (χ2n) is 4.97. The minimum atomic E-state index is -0.860. The van der Waals surface area contributed by atoms with Gasteiger partial charge in [-0.25, -0.2) is 4.98 Å². The number of hydrogen-bond donors (Lipinski definition) is 1. The van der Waals surface area contributed by atoms with E-state index < -0.39 is 5.97 Å². The highest BCUT2D eigenvalue weighted by Gasteiger charge is 2.19. The standard InChI is InChI=1S/C16H16N2O5S/c1-21-12-5-4-10(14(22-2)15(12)23-3)11-8-18-7-9(6-13(19)20)24-16(18)17-11/h4-5,7-8H,6H2,1-3H3,(H,19,20). The molecule has 24 heavy (non-hydrogen) atoms. The number of imidazole rings is 1. The van der Waals surface area contributed by atoms with Crippen LogP contribution in [0, 0.1) is 0 Å². The molecule has 1 aromatic carbocycles. The molecule has 3 rings (SSSR count). The molecule has 8 heteroatoms. The van der Waals surface area contributed by atoms with Crippen LogP contribution < -0.4 is 14.2 Å². The molecule has 0 amide bonds. The SMILES string of the molecule is COc1ccc(-c2cn3cc(CC(=O)O)sc3n2)c(OC)c1OC. The van der Waals surface area contributed by atoms with Gasteiger partial charge in [-0.2, -0.15) is 0 Å². The molecule has 0 spiro atoms. The lowest BCUT2D eigenvalue weighted by molar-refractivity contribution is -0.136. The summed E-state index contributed by atoms with van der Waals surface area (Å²) >= 11 is 1.35. The second-order valence-corrected chi connectivity index (χ2v) is 6.06. The van der Waals surface area contributed by atoms with E-state index in [0.29, 0.717) is 22.9 Å². The van der Waals surface area contributed by atoms with Crippen LogP contribution in [0.25, 0.3) is 16.2 Å². The number of fused-ring (bicyclic) bond motifs is 1. The topological polar surface area (TPSA) is 82.3 Å². The first-order valence-electron chi connectivity index (χ1n) is 7.06. The highest BCUT2D eigenvalue weighted by atomic mass is 32.1. The minimum absolute atomic E-state index is 0.0109. The van der Waals surface area contributed by atoms with Crippen LogP contribution in [0.15, 0.2) is 24.5 Å². The molecule has 0 saturated carbocycles. The summed E-state index contributed by atoms with van der Waals surface area (Å²) in [6, 6.07) is 3.64. The van der Waals surface area contributed by atoms with E-state index in [2.05, 4.69) is 4.98 Å². The van der Waals surface area contributed by atoms with Crippen LogP contribution in [0.4, 0.5) is 0 Å². The molecule has 0 atom stereocenters. The van der Waals surface area contributed by atoms with Gasteiger partial charge in [0.05, 0.1) is 33.4 Å². The molecule has 2 heterocycles. The van der Waals surface area contributed by atoms with Crippen LogP contribution in [-0.4, -0.2) is 41.8 Å². The normalized spacial score (nSPS) is 10.8. The Balaban J connectivity index is 2.06. The average Bonchev–Trinajstić information content (AvgIpc) is 3.10. The number of carbonyl (C=O) groups is 1. The van der Waals surface area contributed by atoms with Gasteiger partial charge in [0.25, 0.3) is 0 Å². The Labute approximate surface area is 142 Å². The lowest BCUT2D eigenvalue weighted by atomic mass is 10.1. The number of thiazole rings is 1. The van der Waals surface area contributed by atoms with Gasteiger partial charge in [0.15, 0.2) is 16.5 Å². The molecule has 1 N–H and O–H groups in total. The lowest BCUT2D eigenvalue weighted by Gasteiger charge is -2.14. The first-order chi connectivity index (χ1) is 11.6. The van der Waals surface area contributed by atoms with Crippen LogP contribution in [0.3, 0.4) is 0 Å². The summed E-state index contributed by atoms with van der Waals surface area (Å²) in [5.74, 6) is 0.748. The van der Waals surface area contributed by atoms with Gasteiger partial charge in [-0.05, 0) is 12.1 Å². The third kappa shape index (κ3) is 2.76. The summed E-state index contributed by atoms with van der Waals surface area (Å²) < 4.78 is 18.0. The van der Waals surface area contributed by atoms with E-state index in [-0.39, 0.29) is 6.42 Å². The van der Waals surface area contributed by atoms with Crippen LogP contribution in [-0.2, 0) is 11.2 Å². The quantitative estimate of drug-likeness (QED) is 0.737. The molecule has 0 fully saturated rings. The van der Waals surface area contributed by atoms with Crippen molar-refractivity contribution < 1.29 is 24.1 Å². The Kier molecular flexibility index (Phi) is 4.30. The minimum Gasteiger partial charge on any atom is -0.493 e. The zero-order valence-corrected chi connectivity index (χ0v) is 14.2. The maximum absolute atomic E-state index is 10.8. The van der Waals surface area contributed by atoms with Gasteiger partial charge >= 0.3 is 5.97 Å². The monoisotopic (exact) mass is 348 g/mol. The molecule has 126 valence electrons. The summed E-state index contributed by atoms with van der Waals surface area (Å²) in [5, 5.41) is 8.87. The van der Waals surface area contributed by atoms with E-state index in [1.807, 2.05) is 16.7 Å². The maximum atomic E-state index is 10.8. The molecular formula is C16H16N2O5S. The number of rotatable bonds is 6. The average molecular weight is 348 g/mol. The summed E-state index contributed by atoms with van der Waals surface area (Å²) in [4.78, 5) is 16.8. The fourth-order valence-corrected chi connectivity index (χ4v) is 3.46. The second kappa shape index (κ2) is 6.40. The zero-order valence-electron chi connectivity index (χ0n) is 13.4. The van der Waals surface area contributed by atoms with E-state index in [1.165, 1.54) is 11.3 Å². The fraction of sp³-hybridized carbons (Fsp3) is 0.250. The molecule has 0 aliphatic heterocycles. The molecule has 3 aromatic rings. The number of benzene rings is 1. The molecule has 0 bridgehead atoms. The van der Waals surface area contributed by atoms with Crippen LogP contribution >= 0.6 is 11.3 Å². The third-order valence-electron chi connectivity index (χ3n) is 3.51. The highest BCUT2D eigenvalue weighted by molar-refractivity contribution is 7.17. The molecule has 0 aliphatic carbocycles. The number of nitrogens with zero attached hydrogens (tertiary/aromatic N) is 2. The first kappa shape index (κ1) is 16.1. The van der Waals surface area contributed by atoms with E-state index in [9.17, 15) is 4.79 Å². The summed E-state index contributed by atoms with van der Waals surface area (Å²) in [6.07, 6.45) is 3.60. The van der Waals surface area contributed by atoms with Crippen LogP contribution in [0.5, 0.6) is 17.2 Å². The fourth-order valence-electron chi connectivity index (χ4n) is 2.51. The summed E-state index contributed by atoms with van der Waals surface area (Å²) in [5.41, 5.74) is 1.48. The Morgan fingerprint density at radius 1 is 1.17 bits per heavy atom. The Morgan fingerprint density at radius 2 is 1.92 bits per heavy atom. The van der Waals surface area contributed by atoms with E-state index in [1.54, 1.807) is 33.6 Å². The van der Waals surface area contributed by atoms with Gasteiger partial charge in [0.2, 0.25) is 5.75 Å². The predicted molar refractivity (Wildman–Crippen MR) is 89.5 cm³/mol. The van der Waals surface area contributed by atoms with Gasteiger partial charge in [-0.15, -0.1) is 11.3 Å². The molecule has 0 aliphatic rings. The largest absolute Gasteiger partial charge is 0.493 e. The van der Waals surface area contributed by atoms with Crippen LogP contribution in [0.2, 0.25) is 0 Å². The van der Waals surface area contributed by atoms with Crippen molar-refractivity contribution in [2.24, 2.45) is 0 Å². The van der Waals surface area contributed by atoms with Crippen molar-refractivity contribution >= 4 is 22.3 Å². The van der Waals surface area contributed by atoms with Gasteiger partial charge < -0.3 is 19.3 Å². The number of carboxylic acid groups (broad SMARTS) is 1. The number of ether oxygens (including phenoxy) is 3. The lowest BCUT2D eigenvalue weighted by Crippen LogP contribution is -1.97. The van der Waals surface area contributed by atoms with Crippen molar-refractivity contribution in [3.05, 3.63) is 29.4 Å². The van der Waals surface area contributed by atoms with Gasteiger partial charge in [0.1, 0.15) is 0 Å². The van der Waals surface area contributed by atoms with Crippen molar-refractivity contribution in [1.29, 1.82) is 0 Å². The summed E-state index contributed by atoms with van der Waals surface area (Å²) in [6.45, 7) is 0. The van der Waals surface area contributed by atoms with E-state index >= 15 is 0 Å². The smallest absolute Gasteiger partial charge is 0.308 e. The van der Waals surface area contributed by atoms with Gasteiger partial charge in [-0.3, -0.25) is 9.20 Å². The van der Waals surface area contributed by atoms with Crippen molar-refractivity contribution in [1.82, 2.24) is 9.38 Å². The van der Waals surface area contributed by atoms with Crippen molar-refractivity contribution in [2.75, 3.05) is 21.3 Å². The van der Waals surface area contributed by atoms with Crippen molar-refractivity contribution in [3.63, 3.8) is 0 Å². The van der Waals surface area contributed by atoms with Gasteiger partial charge in [-0.1, -0.05) is 0 Å². The maximum Gasteiger partial charge on any atom is 0.308 e. The number of aliphatic carboxylic acids is 1. The highest BCUT2D eigenvalue weighted by Crippen LogP contribution is 2.44. The molecular weight excluding hydrogens is 332 g/mol. The zero-order chi connectivity index (χ0) is 17.3. The number of aromatic nitrogens is 2. The van der Waals surface area contributed by atoms with Crippen molar-refractivity contribution in [2.45, 2.75) is 6.42 Å². The molecule has 7 nitrogen and oxygen atoms in total. The predicted octanol–water partition coefficient (Wildman–Crippen LogP) is 2.72.